The number of hydrogen-bond donors (Lipinski definition) is 1. The number of carbonyl (C=O) groups is 2. The van der Waals surface area contributed by atoms with Gasteiger partial charge in [0.1, 0.15) is 17.3 Å². The first kappa shape index (κ1) is 15.7. The van der Waals surface area contributed by atoms with Crippen LogP contribution >= 0.6 is 0 Å². The molecule has 3 rings (SSSR count). The molecule has 0 spiro atoms. The van der Waals surface area contributed by atoms with E-state index >= 15 is 0 Å². The van der Waals surface area contributed by atoms with Crippen LogP contribution < -0.4 is 4.74 Å². The number of aryl methyl sites for hydroxylation is 1. The summed E-state index contributed by atoms with van der Waals surface area (Å²) in [5.41, 5.74) is 1.45. The summed E-state index contributed by atoms with van der Waals surface area (Å²) in [6.07, 6.45) is 1.43. The summed E-state index contributed by atoms with van der Waals surface area (Å²) in [5.74, 6) is -0.715. The normalized spacial score (nSPS) is 10.6. The molecule has 122 valence electrons. The molecule has 0 atom stereocenters. The van der Waals surface area contributed by atoms with Crippen molar-refractivity contribution < 1.29 is 23.2 Å². The summed E-state index contributed by atoms with van der Waals surface area (Å²) in [7, 11) is 0. The monoisotopic (exact) mass is 328 g/mol. The zero-order chi connectivity index (χ0) is 17.3. The Hall–Kier alpha value is -3.22. The fraction of sp³-hybridized carbons (Fsp3) is 0.118. The Morgan fingerprint density at radius 1 is 1.25 bits per heavy atom. The number of nitrogens with one attached hydrogen (secondary N) is 1. The van der Waals surface area contributed by atoms with Gasteiger partial charge in [-0.25, -0.2) is 4.39 Å². The zero-order valence-corrected chi connectivity index (χ0v) is 12.9. The van der Waals surface area contributed by atoms with Crippen LogP contribution in [0.1, 0.15) is 28.6 Å². The predicted molar refractivity (Wildman–Crippen MR) is 82.2 cm³/mol. The van der Waals surface area contributed by atoms with Gasteiger partial charge in [0.2, 0.25) is 11.7 Å². The van der Waals surface area contributed by atoms with E-state index in [-0.39, 0.29) is 23.0 Å². The number of rotatable bonds is 4. The van der Waals surface area contributed by atoms with Gasteiger partial charge in [-0.1, -0.05) is 5.16 Å². The van der Waals surface area contributed by atoms with Gasteiger partial charge in [0, 0.05) is 30.3 Å². The minimum atomic E-state index is -0.496. The molecule has 3 aromatic rings. The largest absolute Gasteiger partial charge is 0.410 e. The molecule has 0 amide bonds. The Balaban J connectivity index is 1.98. The highest BCUT2D eigenvalue weighted by Crippen LogP contribution is 2.28. The highest BCUT2D eigenvalue weighted by molar-refractivity contribution is 6.13. The van der Waals surface area contributed by atoms with Crippen LogP contribution in [0.3, 0.4) is 0 Å². The molecule has 24 heavy (non-hydrogen) atoms. The summed E-state index contributed by atoms with van der Waals surface area (Å²) in [6, 6.07) is 7.02. The standard InChI is InChI=1S/C17H13FN2O4/c1-9-15(16(20-24-9)11-3-5-13(18)6-4-11)17(22)12-7-14(19-8-12)23-10(2)21/h3-8,19H,1-2H3. The highest BCUT2D eigenvalue weighted by Gasteiger charge is 2.24. The molecule has 0 unspecified atom stereocenters. The van der Waals surface area contributed by atoms with Crippen molar-refractivity contribution in [1.82, 2.24) is 10.1 Å². The SMILES string of the molecule is CC(=O)Oc1cc(C(=O)c2c(-c3ccc(F)cc3)noc2C)c[nH]1. The summed E-state index contributed by atoms with van der Waals surface area (Å²) in [6.45, 7) is 2.88. The van der Waals surface area contributed by atoms with Gasteiger partial charge >= 0.3 is 5.97 Å². The third kappa shape index (κ3) is 2.96. The first-order valence-electron chi connectivity index (χ1n) is 7.09. The smallest absolute Gasteiger partial charge is 0.309 e. The molecule has 0 saturated heterocycles. The average Bonchev–Trinajstić information content (AvgIpc) is 3.14. The van der Waals surface area contributed by atoms with Gasteiger partial charge < -0.3 is 14.2 Å². The quantitative estimate of drug-likeness (QED) is 0.587. The summed E-state index contributed by atoms with van der Waals surface area (Å²) >= 11 is 0. The van der Waals surface area contributed by atoms with E-state index in [1.54, 1.807) is 6.92 Å². The molecule has 1 N–H and O–H groups in total. The van der Waals surface area contributed by atoms with E-state index in [2.05, 4.69) is 10.1 Å². The van der Waals surface area contributed by atoms with Crippen molar-refractivity contribution in [2.75, 3.05) is 0 Å². The van der Waals surface area contributed by atoms with Gasteiger partial charge in [-0.2, -0.15) is 0 Å². The van der Waals surface area contributed by atoms with Crippen molar-refractivity contribution >= 4 is 11.8 Å². The minimum Gasteiger partial charge on any atom is -0.410 e. The van der Waals surface area contributed by atoms with Gasteiger partial charge in [0.15, 0.2) is 0 Å². The second-order valence-electron chi connectivity index (χ2n) is 5.14. The number of carbonyl (C=O) groups excluding carboxylic acids is 2. The van der Waals surface area contributed by atoms with Crippen molar-refractivity contribution in [1.29, 1.82) is 0 Å². The molecule has 0 bridgehead atoms. The fourth-order valence-electron chi connectivity index (χ4n) is 2.31. The van der Waals surface area contributed by atoms with Crippen molar-refractivity contribution in [2.45, 2.75) is 13.8 Å². The van der Waals surface area contributed by atoms with Crippen LogP contribution in [0.25, 0.3) is 11.3 Å². The molecule has 0 saturated carbocycles. The molecule has 0 aliphatic carbocycles. The van der Waals surface area contributed by atoms with E-state index in [4.69, 9.17) is 9.26 Å². The second-order valence-corrected chi connectivity index (χ2v) is 5.14. The minimum absolute atomic E-state index is 0.170. The molecule has 6 nitrogen and oxygen atoms in total. The van der Waals surface area contributed by atoms with E-state index in [1.807, 2.05) is 0 Å². The maximum Gasteiger partial charge on any atom is 0.309 e. The number of ketones is 1. The van der Waals surface area contributed by atoms with Crippen LogP contribution in [0.4, 0.5) is 4.39 Å². The number of esters is 1. The number of H-pyrrole nitrogens is 1. The lowest BCUT2D eigenvalue weighted by atomic mass is 10.00. The van der Waals surface area contributed by atoms with Gasteiger partial charge in [-0.05, 0) is 31.2 Å². The molecule has 0 aliphatic rings. The number of aromatic nitrogens is 2. The Bertz CT molecular complexity index is 909. The Morgan fingerprint density at radius 3 is 2.62 bits per heavy atom. The van der Waals surface area contributed by atoms with Crippen LogP contribution in [0.5, 0.6) is 5.88 Å². The fourth-order valence-corrected chi connectivity index (χ4v) is 2.31. The number of nitrogens with zero attached hydrogens (tertiary/aromatic N) is 1. The van der Waals surface area contributed by atoms with Crippen molar-refractivity contribution in [3.63, 3.8) is 0 Å². The molecular formula is C17H13FN2O4. The van der Waals surface area contributed by atoms with Crippen LogP contribution in [-0.2, 0) is 4.79 Å². The number of benzene rings is 1. The summed E-state index contributed by atoms with van der Waals surface area (Å²) in [4.78, 5) is 26.4. The second kappa shape index (κ2) is 6.11. The number of halogens is 1. The number of ether oxygens (including phenoxy) is 1. The van der Waals surface area contributed by atoms with E-state index in [0.29, 0.717) is 22.6 Å². The Labute approximate surface area is 136 Å². The molecule has 0 aliphatic heterocycles. The van der Waals surface area contributed by atoms with Gasteiger partial charge in [-0.15, -0.1) is 0 Å². The van der Waals surface area contributed by atoms with Crippen molar-refractivity contribution in [3.05, 3.63) is 59.2 Å². The summed E-state index contributed by atoms with van der Waals surface area (Å²) < 4.78 is 23.1. The van der Waals surface area contributed by atoms with Gasteiger partial charge in [-0.3, -0.25) is 9.59 Å². The lowest BCUT2D eigenvalue weighted by molar-refractivity contribution is -0.132. The molecular weight excluding hydrogens is 315 g/mol. The Morgan fingerprint density at radius 2 is 1.96 bits per heavy atom. The number of hydrogen-bond acceptors (Lipinski definition) is 5. The van der Waals surface area contributed by atoms with E-state index in [1.165, 1.54) is 43.5 Å². The maximum atomic E-state index is 13.1. The Kier molecular flexibility index (Phi) is 3.99. The average molecular weight is 328 g/mol. The first-order valence-corrected chi connectivity index (χ1v) is 7.09. The van der Waals surface area contributed by atoms with Crippen molar-refractivity contribution in [3.8, 4) is 17.1 Å². The highest BCUT2D eigenvalue weighted by atomic mass is 19.1. The number of aromatic amines is 1. The molecule has 0 radical (unpaired) electrons. The zero-order valence-electron chi connectivity index (χ0n) is 12.9. The first-order chi connectivity index (χ1) is 11.5. The van der Waals surface area contributed by atoms with E-state index < -0.39 is 5.97 Å². The van der Waals surface area contributed by atoms with Crippen LogP contribution in [0.15, 0.2) is 41.1 Å². The van der Waals surface area contributed by atoms with Crippen molar-refractivity contribution in [2.24, 2.45) is 0 Å². The van der Waals surface area contributed by atoms with Gasteiger partial charge in [0.05, 0.1) is 5.56 Å². The molecule has 0 fully saturated rings. The van der Waals surface area contributed by atoms with Crippen LogP contribution in [0, 0.1) is 12.7 Å². The third-order valence-corrected chi connectivity index (χ3v) is 3.38. The third-order valence-electron chi connectivity index (χ3n) is 3.38. The lowest BCUT2D eigenvalue weighted by Gasteiger charge is -2.01. The topological polar surface area (TPSA) is 85.2 Å². The summed E-state index contributed by atoms with van der Waals surface area (Å²) in [5, 5.41) is 3.90. The maximum absolute atomic E-state index is 13.1. The van der Waals surface area contributed by atoms with E-state index in [0.717, 1.165) is 0 Å². The molecule has 7 heteroatoms. The molecule has 1 aromatic carbocycles. The van der Waals surface area contributed by atoms with Gasteiger partial charge in [0.25, 0.3) is 0 Å². The van der Waals surface area contributed by atoms with Crippen LogP contribution in [0.2, 0.25) is 0 Å². The molecule has 2 heterocycles. The lowest BCUT2D eigenvalue weighted by Crippen LogP contribution is -2.03. The molecule has 2 aromatic heterocycles. The predicted octanol–water partition coefficient (Wildman–Crippen LogP) is 3.27. The van der Waals surface area contributed by atoms with Crippen LogP contribution in [-0.4, -0.2) is 21.9 Å². The van der Waals surface area contributed by atoms with E-state index in [9.17, 15) is 14.0 Å².